The molecule has 0 unspecified atom stereocenters. The molecule has 0 radical (unpaired) electrons. The van der Waals surface area contributed by atoms with Gasteiger partial charge in [-0.15, -0.1) is 0 Å². The molecule has 3 aromatic rings. The van der Waals surface area contributed by atoms with E-state index in [9.17, 15) is 0 Å². The minimum Gasteiger partial charge on any atom is -0.376 e. The third-order valence-electron chi connectivity index (χ3n) is 2.66. The van der Waals surface area contributed by atoms with Gasteiger partial charge in [-0.1, -0.05) is 22.8 Å². The zero-order valence-corrected chi connectivity index (χ0v) is 11.2. The number of nitrogens with zero attached hydrogens (tertiary/aromatic N) is 3. The van der Waals surface area contributed by atoms with Crippen molar-refractivity contribution >= 4 is 17.3 Å². The van der Waals surface area contributed by atoms with E-state index in [4.69, 9.17) is 16.1 Å². The highest BCUT2D eigenvalue weighted by atomic mass is 35.5. The van der Waals surface area contributed by atoms with E-state index >= 15 is 0 Å². The van der Waals surface area contributed by atoms with Crippen molar-refractivity contribution in [3.8, 4) is 11.4 Å². The van der Waals surface area contributed by atoms with E-state index in [1.54, 1.807) is 12.4 Å². The topological polar surface area (TPSA) is 63.8 Å². The minimum atomic E-state index is 0.438. The van der Waals surface area contributed by atoms with Crippen LogP contribution in [0.3, 0.4) is 0 Å². The molecule has 3 rings (SSSR count). The van der Waals surface area contributed by atoms with Gasteiger partial charge in [0.2, 0.25) is 11.7 Å². The molecule has 1 aromatic carbocycles. The van der Waals surface area contributed by atoms with Gasteiger partial charge in [-0.05, 0) is 30.3 Å². The smallest absolute Gasteiger partial charge is 0.246 e. The van der Waals surface area contributed by atoms with Gasteiger partial charge < -0.3 is 9.84 Å². The van der Waals surface area contributed by atoms with Crippen molar-refractivity contribution in [3.05, 3.63) is 59.7 Å². The number of nitrogens with one attached hydrogen (secondary N) is 1. The number of benzene rings is 1. The molecule has 0 atom stereocenters. The third-order valence-corrected chi connectivity index (χ3v) is 2.89. The third kappa shape index (κ3) is 2.95. The van der Waals surface area contributed by atoms with Gasteiger partial charge in [0.25, 0.3) is 0 Å². The number of aromatic nitrogens is 3. The van der Waals surface area contributed by atoms with Crippen LogP contribution in [0, 0.1) is 0 Å². The van der Waals surface area contributed by atoms with E-state index in [1.165, 1.54) is 0 Å². The summed E-state index contributed by atoms with van der Waals surface area (Å²) in [6.45, 7) is 0.438. The molecule has 0 bridgehead atoms. The molecular weight excluding hydrogens is 276 g/mol. The first-order valence-corrected chi connectivity index (χ1v) is 6.41. The van der Waals surface area contributed by atoms with Crippen molar-refractivity contribution in [3.63, 3.8) is 0 Å². The van der Waals surface area contributed by atoms with Crippen LogP contribution < -0.4 is 5.32 Å². The highest BCUT2D eigenvalue weighted by Crippen LogP contribution is 2.17. The zero-order valence-electron chi connectivity index (χ0n) is 10.5. The lowest BCUT2D eigenvalue weighted by Crippen LogP contribution is -1.99. The molecule has 2 aromatic heterocycles. The monoisotopic (exact) mass is 286 g/mol. The Morgan fingerprint density at radius 3 is 2.95 bits per heavy atom. The summed E-state index contributed by atoms with van der Waals surface area (Å²) < 4.78 is 5.19. The molecule has 6 heteroatoms. The lowest BCUT2D eigenvalue weighted by Gasteiger charge is -2.02. The Bertz CT molecular complexity index is 699. The number of hydrogen-bond acceptors (Lipinski definition) is 5. The van der Waals surface area contributed by atoms with E-state index in [1.807, 2.05) is 36.4 Å². The molecule has 0 fully saturated rings. The van der Waals surface area contributed by atoms with E-state index in [-0.39, 0.29) is 0 Å². The summed E-state index contributed by atoms with van der Waals surface area (Å²) in [5.41, 5.74) is 1.73. The van der Waals surface area contributed by atoms with Gasteiger partial charge in [-0.25, -0.2) is 0 Å². The number of anilines is 1. The molecule has 5 nitrogen and oxygen atoms in total. The number of rotatable bonds is 4. The average Bonchev–Trinajstić information content (AvgIpc) is 2.95. The van der Waals surface area contributed by atoms with Crippen LogP contribution >= 0.6 is 11.6 Å². The van der Waals surface area contributed by atoms with Crippen LogP contribution in [-0.2, 0) is 6.54 Å². The summed E-state index contributed by atoms with van der Waals surface area (Å²) in [5.74, 6) is 1.03. The van der Waals surface area contributed by atoms with Crippen molar-refractivity contribution in [1.29, 1.82) is 0 Å². The maximum absolute atomic E-state index is 5.91. The fraction of sp³-hybridized carbons (Fsp3) is 0.0714. The van der Waals surface area contributed by atoms with Crippen molar-refractivity contribution < 1.29 is 4.52 Å². The fourth-order valence-electron chi connectivity index (χ4n) is 1.72. The predicted octanol–water partition coefficient (Wildman–Crippen LogP) is 3.40. The Balaban J connectivity index is 1.69. The Morgan fingerprint density at radius 1 is 1.20 bits per heavy atom. The Hall–Kier alpha value is -2.40. The molecule has 0 aliphatic carbocycles. The van der Waals surface area contributed by atoms with E-state index in [0.717, 1.165) is 11.3 Å². The average molecular weight is 287 g/mol. The first kappa shape index (κ1) is 12.6. The minimum absolute atomic E-state index is 0.438. The molecule has 0 saturated heterocycles. The molecule has 0 spiro atoms. The van der Waals surface area contributed by atoms with E-state index in [2.05, 4.69) is 20.4 Å². The first-order chi connectivity index (χ1) is 9.81. The number of pyridine rings is 1. The molecule has 1 N–H and O–H groups in total. The second-order valence-electron chi connectivity index (χ2n) is 4.12. The van der Waals surface area contributed by atoms with E-state index in [0.29, 0.717) is 23.3 Å². The lowest BCUT2D eigenvalue weighted by molar-refractivity contribution is 0.384. The summed E-state index contributed by atoms with van der Waals surface area (Å²) >= 11 is 5.91. The SMILES string of the molecule is Clc1cccc(NCc2nc(-c3cccnc3)no2)c1. The van der Waals surface area contributed by atoms with Crippen molar-refractivity contribution in [2.45, 2.75) is 6.54 Å². The summed E-state index contributed by atoms with van der Waals surface area (Å²) in [5, 5.41) is 7.77. The second-order valence-corrected chi connectivity index (χ2v) is 4.55. The quantitative estimate of drug-likeness (QED) is 0.796. The van der Waals surface area contributed by atoms with Gasteiger partial charge in [0.15, 0.2) is 0 Å². The van der Waals surface area contributed by atoms with Crippen LogP contribution in [0.2, 0.25) is 5.02 Å². The van der Waals surface area contributed by atoms with Gasteiger partial charge in [0.05, 0.1) is 6.54 Å². The largest absolute Gasteiger partial charge is 0.376 e. The van der Waals surface area contributed by atoms with Crippen LogP contribution in [0.1, 0.15) is 5.89 Å². The van der Waals surface area contributed by atoms with Crippen molar-refractivity contribution in [2.75, 3.05) is 5.32 Å². The molecule has 0 aliphatic heterocycles. The molecular formula is C14H11ClN4O. The highest BCUT2D eigenvalue weighted by Gasteiger charge is 2.08. The zero-order chi connectivity index (χ0) is 13.8. The van der Waals surface area contributed by atoms with Crippen LogP contribution in [0.5, 0.6) is 0 Å². The predicted molar refractivity (Wildman–Crippen MR) is 76.3 cm³/mol. The molecule has 0 aliphatic rings. The second kappa shape index (κ2) is 5.71. The van der Waals surface area contributed by atoms with Crippen LogP contribution in [0.15, 0.2) is 53.3 Å². The fourth-order valence-corrected chi connectivity index (χ4v) is 1.91. The van der Waals surface area contributed by atoms with E-state index < -0.39 is 0 Å². The summed E-state index contributed by atoms with van der Waals surface area (Å²) in [4.78, 5) is 8.33. The highest BCUT2D eigenvalue weighted by molar-refractivity contribution is 6.30. The van der Waals surface area contributed by atoms with Crippen molar-refractivity contribution in [2.24, 2.45) is 0 Å². The van der Waals surface area contributed by atoms with Gasteiger partial charge in [-0.3, -0.25) is 4.98 Å². The Labute approximate surface area is 120 Å². The number of hydrogen-bond donors (Lipinski definition) is 1. The summed E-state index contributed by atoms with van der Waals surface area (Å²) in [6.07, 6.45) is 3.39. The van der Waals surface area contributed by atoms with Gasteiger partial charge in [0, 0.05) is 28.7 Å². The maximum atomic E-state index is 5.91. The van der Waals surface area contributed by atoms with Crippen molar-refractivity contribution in [1.82, 2.24) is 15.1 Å². The first-order valence-electron chi connectivity index (χ1n) is 6.04. The molecule has 0 amide bonds. The summed E-state index contributed by atoms with van der Waals surface area (Å²) in [6, 6.07) is 11.2. The van der Waals surface area contributed by atoms with Crippen LogP contribution in [-0.4, -0.2) is 15.1 Å². The Morgan fingerprint density at radius 2 is 2.15 bits per heavy atom. The van der Waals surface area contributed by atoms with Crippen LogP contribution in [0.25, 0.3) is 11.4 Å². The molecule has 20 heavy (non-hydrogen) atoms. The molecule has 0 saturated carbocycles. The maximum Gasteiger partial charge on any atom is 0.246 e. The van der Waals surface area contributed by atoms with Gasteiger partial charge in [-0.2, -0.15) is 4.98 Å². The molecule has 100 valence electrons. The van der Waals surface area contributed by atoms with Crippen LogP contribution in [0.4, 0.5) is 5.69 Å². The van der Waals surface area contributed by atoms with Gasteiger partial charge >= 0.3 is 0 Å². The summed E-state index contributed by atoms with van der Waals surface area (Å²) in [7, 11) is 0. The number of halogens is 1. The Kier molecular flexibility index (Phi) is 3.60. The molecule has 2 heterocycles. The normalized spacial score (nSPS) is 10.4. The standard InChI is InChI=1S/C14H11ClN4O/c15-11-4-1-5-12(7-11)17-9-13-18-14(19-20-13)10-3-2-6-16-8-10/h1-8,17H,9H2. The van der Waals surface area contributed by atoms with Gasteiger partial charge in [0.1, 0.15) is 0 Å². The lowest BCUT2D eigenvalue weighted by atomic mass is 10.3.